The minimum atomic E-state index is -0.524. The molecule has 0 fully saturated rings. The second kappa shape index (κ2) is 17.5. The molecule has 242 valence electrons. The lowest BCUT2D eigenvalue weighted by atomic mass is 10.1. The summed E-state index contributed by atoms with van der Waals surface area (Å²) >= 11 is 0. The van der Waals surface area contributed by atoms with Crippen LogP contribution in [0.3, 0.4) is 0 Å². The number of nitrogens with one attached hydrogen (secondary N) is 1. The summed E-state index contributed by atoms with van der Waals surface area (Å²) in [6.07, 6.45) is 2.20. The fourth-order valence-electron chi connectivity index (χ4n) is 4.15. The Bertz CT molecular complexity index is 1550. The number of aryl methyl sites for hydroxylation is 1. The predicted molar refractivity (Wildman–Crippen MR) is 175 cm³/mol. The Balaban J connectivity index is 1.87. The van der Waals surface area contributed by atoms with Gasteiger partial charge < -0.3 is 29.2 Å². The summed E-state index contributed by atoms with van der Waals surface area (Å²) < 4.78 is 22.1. The van der Waals surface area contributed by atoms with E-state index < -0.39 is 16.9 Å². The van der Waals surface area contributed by atoms with Crippen LogP contribution in [0.5, 0.6) is 11.5 Å². The van der Waals surface area contributed by atoms with Crippen LogP contribution in [-0.2, 0) is 19.1 Å². The second-order valence-electron chi connectivity index (χ2n) is 9.51. The number of rotatable bonds is 18. The van der Waals surface area contributed by atoms with Crippen molar-refractivity contribution in [2.75, 3.05) is 49.7 Å². The number of non-ortho nitro benzene ring substituents is 1. The van der Waals surface area contributed by atoms with Crippen LogP contribution in [0.4, 0.5) is 34.1 Å². The van der Waals surface area contributed by atoms with Gasteiger partial charge in [-0.25, -0.2) is 9.59 Å². The highest BCUT2D eigenvalue weighted by atomic mass is 16.6. The Hall–Kier alpha value is -5.72. The molecule has 0 aromatic heterocycles. The molecule has 0 aliphatic rings. The van der Waals surface area contributed by atoms with Gasteiger partial charge in [0.1, 0.15) is 30.4 Å². The number of hydrogen-bond donors (Lipinski definition) is 1. The van der Waals surface area contributed by atoms with Gasteiger partial charge in [-0.3, -0.25) is 10.1 Å². The van der Waals surface area contributed by atoms with Gasteiger partial charge in [-0.15, -0.1) is 5.11 Å². The Kier molecular flexibility index (Phi) is 13.3. The highest BCUT2D eigenvalue weighted by Crippen LogP contribution is 2.41. The lowest BCUT2D eigenvalue weighted by Crippen LogP contribution is -2.32. The highest BCUT2D eigenvalue weighted by molar-refractivity contribution is 5.81. The van der Waals surface area contributed by atoms with Gasteiger partial charge in [0, 0.05) is 47.8 Å². The first-order chi connectivity index (χ1) is 22.2. The number of anilines is 3. The average molecular weight is 632 g/mol. The van der Waals surface area contributed by atoms with E-state index in [1.54, 1.807) is 12.1 Å². The van der Waals surface area contributed by atoms with Gasteiger partial charge in [-0.1, -0.05) is 13.2 Å². The maximum Gasteiger partial charge on any atom is 0.330 e. The standard InChI is InChI=1S/C33H37N5O8/c1-6-32(39)45-18-16-37(17-19-46-33(40)7-2)26-14-15-27(23(5)20-26)34-28-21-31(44-9-4)29(22-30(28)43-8-3)36-35-24-10-12-25(13-11-24)38(41)42/h6-7,10-15,20-22,34H,1-2,8-9,16-19H2,3-5H3/b36-35+. The zero-order valence-corrected chi connectivity index (χ0v) is 26.1. The van der Waals surface area contributed by atoms with Crippen molar-refractivity contribution in [2.45, 2.75) is 20.8 Å². The summed E-state index contributed by atoms with van der Waals surface area (Å²) in [5.41, 5.74) is 3.98. The number of nitro groups is 1. The molecular weight excluding hydrogens is 594 g/mol. The minimum absolute atomic E-state index is 0.0397. The van der Waals surface area contributed by atoms with Crippen LogP contribution in [-0.4, -0.2) is 56.4 Å². The molecule has 3 aromatic rings. The molecule has 0 unspecified atom stereocenters. The molecule has 13 heteroatoms. The van der Waals surface area contributed by atoms with Crippen LogP contribution >= 0.6 is 0 Å². The Labute approximate surface area is 267 Å². The minimum Gasteiger partial charge on any atom is -0.492 e. The average Bonchev–Trinajstić information content (AvgIpc) is 3.05. The lowest BCUT2D eigenvalue weighted by Gasteiger charge is -2.25. The van der Waals surface area contributed by atoms with Crippen molar-refractivity contribution in [3.05, 3.63) is 95.6 Å². The van der Waals surface area contributed by atoms with Crippen LogP contribution < -0.4 is 19.7 Å². The number of carbonyl (C=O) groups excluding carboxylic acids is 2. The third kappa shape index (κ3) is 10.2. The van der Waals surface area contributed by atoms with Crippen molar-refractivity contribution < 1.29 is 33.5 Å². The topological polar surface area (TPSA) is 154 Å². The molecule has 0 spiro atoms. The molecule has 46 heavy (non-hydrogen) atoms. The molecule has 0 aliphatic heterocycles. The van der Waals surface area contributed by atoms with E-state index in [2.05, 4.69) is 28.7 Å². The number of nitro benzene ring substituents is 1. The molecule has 3 aromatic carbocycles. The Morgan fingerprint density at radius 1 is 0.870 bits per heavy atom. The van der Waals surface area contributed by atoms with Gasteiger partial charge in [0.25, 0.3) is 5.69 Å². The molecule has 0 saturated heterocycles. The number of esters is 2. The van der Waals surface area contributed by atoms with Gasteiger partial charge in [0.2, 0.25) is 0 Å². The van der Waals surface area contributed by atoms with Crippen LogP contribution in [0.2, 0.25) is 0 Å². The molecule has 0 aliphatic carbocycles. The Morgan fingerprint density at radius 3 is 2.02 bits per heavy atom. The molecule has 0 atom stereocenters. The van der Waals surface area contributed by atoms with Gasteiger partial charge in [0.15, 0.2) is 0 Å². The smallest absolute Gasteiger partial charge is 0.330 e. The van der Waals surface area contributed by atoms with Gasteiger partial charge in [0.05, 0.1) is 42.6 Å². The zero-order chi connectivity index (χ0) is 33.5. The summed E-state index contributed by atoms with van der Waals surface area (Å²) in [5, 5.41) is 22.9. The van der Waals surface area contributed by atoms with Crippen molar-refractivity contribution in [3.8, 4) is 11.5 Å². The second-order valence-corrected chi connectivity index (χ2v) is 9.51. The first-order valence-corrected chi connectivity index (χ1v) is 14.5. The lowest BCUT2D eigenvalue weighted by molar-refractivity contribution is -0.384. The van der Waals surface area contributed by atoms with Crippen LogP contribution in [0.1, 0.15) is 19.4 Å². The molecule has 1 N–H and O–H groups in total. The molecule has 13 nitrogen and oxygen atoms in total. The van der Waals surface area contributed by atoms with Gasteiger partial charge >= 0.3 is 11.9 Å². The van der Waals surface area contributed by atoms with Crippen LogP contribution in [0.25, 0.3) is 0 Å². The third-order valence-corrected chi connectivity index (χ3v) is 6.38. The zero-order valence-electron chi connectivity index (χ0n) is 26.1. The van der Waals surface area contributed by atoms with E-state index >= 15 is 0 Å². The quantitative estimate of drug-likeness (QED) is 0.0504. The van der Waals surface area contributed by atoms with Gasteiger partial charge in [-0.05, 0) is 56.7 Å². The van der Waals surface area contributed by atoms with Crippen molar-refractivity contribution >= 4 is 46.1 Å². The van der Waals surface area contributed by atoms with Gasteiger partial charge in [-0.2, -0.15) is 5.11 Å². The normalized spacial score (nSPS) is 10.6. The van der Waals surface area contributed by atoms with Crippen molar-refractivity contribution in [1.82, 2.24) is 0 Å². The summed E-state index contributed by atoms with van der Waals surface area (Å²) in [6, 6.07) is 15.0. The van der Waals surface area contributed by atoms with Crippen molar-refractivity contribution in [2.24, 2.45) is 10.2 Å². The highest BCUT2D eigenvalue weighted by Gasteiger charge is 2.16. The number of nitrogens with zero attached hydrogens (tertiary/aromatic N) is 4. The molecule has 0 amide bonds. The van der Waals surface area contributed by atoms with Crippen molar-refractivity contribution in [3.63, 3.8) is 0 Å². The van der Waals surface area contributed by atoms with E-state index in [4.69, 9.17) is 18.9 Å². The molecule has 3 rings (SSSR count). The van der Waals surface area contributed by atoms with Crippen LogP contribution in [0, 0.1) is 17.0 Å². The number of azo groups is 1. The molecular formula is C33H37N5O8. The number of ether oxygens (including phenoxy) is 4. The number of benzene rings is 3. The number of carbonyl (C=O) groups is 2. The summed E-state index contributed by atoms with van der Waals surface area (Å²) in [7, 11) is 0. The van der Waals surface area contributed by atoms with E-state index in [9.17, 15) is 19.7 Å². The molecule has 0 radical (unpaired) electrons. The Morgan fingerprint density at radius 2 is 1.48 bits per heavy atom. The third-order valence-electron chi connectivity index (χ3n) is 6.38. The largest absolute Gasteiger partial charge is 0.492 e. The monoisotopic (exact) mass is 631 g/mol. The summed E-state index contributed by atoms with van der Waals surface area (Å²) in [6.45, 7) is 14.2. The summed E-state index contributed by atoms with van der Waals surface area (Å²) in [5.74, 6) is -0.0715. The van der Waals surface area contributed by atoms with E-state index in [0.717, 1.165) is 29.1 Å². The molecule has 0 heterocycles. The maximum absolute atomic E-state index is 11.5. The van der Waals surface area contributed by atoms with E-state index in [0.29, 0.717) is 54.9 Å². The number of hydrogen-bond acceptors (Lipinski definition) is 12. The predicted octanol–water partition coefficient (Wildman–Crippen LogP) is 7.12. The maximum atomic E-state index is 11.5. The van der Waals surface area contributed by atoms with E-state index in [1.807, 2.05) is 43.9 Å². The summed E-state index contributed by atoms with van der Waals surface area (Å²) in [4.78, 5) is 35.5. The fraction of sp³-hybridized carbons (Fsp3) is 0.273. The molecule has 0 saturated carbocycles. The van der Waals surface area contributed by atoms with Crippen molar-refractivity contribution in [1.29, 1.82) is 0 Å². The first-order valence-electron chi connectivity index (χ1n) is 14.5. The van der Waals surface area contributed by atoms with E-state index in [-0.39, 0.29) is 18.9 Å². The van der Waals surface area contributed by atoms with E-state index in [1.165, 1.54) is 24.3 Å². The molecule has 0 bridgehead atoms. The van der Waals surface area contributed by atoms with Crippen LogP contribution in [0.15, 0.2) is 90.1 Å². The fourth-order valence-corrected chi connectivity index (χ4v) is 4.15. The SMILES string of the molecule is C=CC(=O)OCCN(CCOC(=O)C=C)c1ccc(Nc2cc(OCC)c(/N=N/c3ccc([N+](=O)[O-])cc3)cc2OCC)c(C)c1. The first kappa shape index (κ1) is 34.8.